The van der Waals surface area contributed by atoms with Gasteiger partial charge in [-0.1, -0.05) is 12.8 Å². The molecule has 1 saturated heterocycles. The Morgan fingerprint density at radius 3 is 2.81 bits per heavy atom. The largest absolute Gasteiger partial charge is 0.352 e. The van der Waals surface area contributed by atoms with Crippen LogP contribution in [0.15, 0.2) is 36.7 Å². The molecule has 2 aromatic rings. The highest BCUT2D eigenvalue weighted by molar-refractivity contribution is 5.84. The van der Waals surface area contributed by atoms with Gasteiger partial charge in [-0.25, -0.2) is 4.98 Å². The van der Waals surface area contributed by atoms with Gasteiger partial charge in [-0.2, -0.15) is 0 Å². The van der Waals surface area contributed by atoms with E-state index in [1.54, 1.807) is 6.20 Å². The van der Waals surface area contributed by atoms with Crippen LogP contribution in [-0.2, 0) is 15.1 Å². The molecule has 7 heteroatoms. The summed E-state index contributed by atoms with van der Waals surface area (Å²) in [4.78, 5) is 35.0. The van der Waals surface area contributed by atoms with Crippen LogP contribution < -0.4 is 10.2 Å². The van der Waals surface area contributed by atoms with Crippen molar-refractivity contribution in [2.45, 2.75) is 57.5 Å². The summed E-state index contributed by atoms with van der Waals surface area (Å²) in [7, 11) is 0. The highest BCUT2D eigenvalue weighted by Crippen LogP contribution is 2.47. The Hall–Kier alpha value is -2.83. The number of fused-ring (bicyclic) bond motifs is 4. The molecule has 4 heterocycles. The minimum Gasteiger partial charge on any atom is -0.352 e. The fraction of sp³-hybridized carbons (Fsp3) is 0.542. The number of anilines is 1. The summed E-state index contributed by atoms with van der Waals surface area (Å²) >= 11 is 0. The van der Waals surface area contributed by atoms with Crippen LogP contribution in [0.3, 0.4) is 0 Å². The summed E-state index contributed by atoms with van der Waals surface area (Å²) in [6.45, 7) is 5.52. The number of rotatable bonds is 4. The maximum absolute atomic E-state index is 13.3. The number of carbonyl (C=O) groups is 2. The first kappa shape index (κ1) is 20.1. The molecule has 2 fully saturated rings. The molecule has 0 radical (unpaired) electrons. The molecule has 0 bridgehead atoms. The van der Waals surface area contributed by atoms with Gasteiger partial charge < -0.3 is 19.7 Å². The van der Waals surface area contributed by atoms with Crippen molar-refractivity contribution in [1.82, 2.24) is 19.8 Å². The van der Waals surface area contributed by atoms with E-state index in [1.807, 2.05) is 43.1 Å². The highest BCUT2D eigenvalue weighted by atomic mass is 16.2. The first-order valence-corrected chi connectivity index (χ1v) is 11.5. The van der Waals surface area contributed by atoms with Crippen LogP contribution in [0.4, 0.5) is 5.69 Å². The van der Waals surface area contributed by atoms with Crippen LogP contribution in [0.1, 0.15) is 51.6 Å². The predicted octanol–water partition coefficient (Wildman–Crippen LogP) is 2.83. The molecule has 31 heavy (non-hydrogen) atoms. The molecule has 1 N–H and O–H groups in total. The van der Waals surface area contributed by atoms with E-state index in [0.29, 0.717) is 6.54 Å². The third-order valence-corrected chi connectivity index (χ3v) is 7.04. The van der Waals surface area contributed by atoms with Crippen molar-refractivity contribution < 1.29 is 9.59 Å². The van der Waals surface area contributed by atoms with Crippen molar-refractivity contribution in [3.05, 3.63) is 42.4 Å². The molecule has 0 aromatic carbocycles. The Kier molecular flexibility index (Phi) is 4.99. The zero-order valence-electron chi connectivity index (χ0n) is 18.4. The normalized spacial score (nSPS) is 22.8. The molecule has 1 saturated carbocycles. The van der Waals surface area contributed by atoms with Crippen molar-refractivity contribution in [2.75, 3.05) is 24.5 Å². The van der Waals surface area contributed by atoms with Gasteiger partial charge >= 0.3 is 0 Å². The highest BCUT2D eigenvalue weighted by Gasteiger charge is 2.51. The fourth-order valence-corrected chi connectivity index (χ4v) is 5.69. The van der Waals surface area contributed by atoms with Crippen molar-refractivity contribution in [1.29, 1.82) is 0 Å². The summed E-state index contributed by atoms with van der Waals surface area (Å²) in [5.41, 5.74) is 1.63. The van der Waals surface area contributed by atoms with Gasteiger partial charge in [0.15, 0.2) is 5.82 Å². The average molecular weight is 422 g/mol. The molecule has 2 aromatic heterocycles. The molecular weight excluding hydrogens is 390 g/mol. The molecule has 3 aliphatic rings. The van der Waals surface area contributed by atoms with Crippen molar-refractivity contribution in [2.24, 2.45) is 5.92 Å². The Morgan fingerprint density at radius 1 is 1.23 bits per heavy atom. The first-order chi connectivity index (χ1) is 15.0. The van der Waals surface area contributed by atoms with E-state index in [4.69, 9.17) is 0 Å². The number of nitrogens with zero attached hydrogens (tertiary/aromatic N) is 4. The maximum atomic E-state index is 13.3. The first-order valence-electron chi connectivity index (χ1n) is 11.5. The minimum atomic E-state index is -0.428. The van der Waals surface area contributed by atoms with Gasteiger partial charge in [0.2, 0.25) is 11.8 Å². The summed E-state index contributed by atoms with van der Waals surface area (Å²) in [6, 6.07) is 8.19. The van der Waals surface area contributed by atoms with Crippen LogP contribution in [0.2, 0.25) is 0 Å². The smallest absolute Gasteiger partial charge is 0.239 e. The van der Waals surface area contributed by atoms with Crippen molar-refractivity contribution in [3.8, 4) is 5.82 Å². The van der Waals surface area contributed by atoms with Gasteiger partial charge in [0.25, 0.3) is 0 Å². The van der Waals surface area contributed by atoms with Crippen LogP contribution in [0, 0.1) is 5.92 Å². The zero-order valence-corrected chi connectivity index (χ0v) is 18.4. The monoisotopic (exact) mass is 421 g/mol. The van der Waals surface area contributed by atoms with E-state index in [9.17, 15) is 9.59 Å². The lowest BCUT2D eigenvalue weighted by Gasteiger charge is -2.46. The Morgan fingerprint density at radius 2 is 2.03 bits per heavy atom. The summed E-state index contributed by atoms with van der Waals surface area (Å²) in [5.74, 6) is 1.28. The number of amides is 2. The van der Waals surface area contributed by atoms with E-state index in [0.717, 1.165) is 55.8 Å². The van der Waals surface area contributed by atoms with Crippen LogP contribution in [-0.4, -0.2) is 51.9 Å². The van der Waals surface area contributed by atoms with Gasteiger partial charge in [0, 0.05) is 37.4 Å². The summed E-state index contributed by atoms with van der Waals surface area (Å²) in [6.07, 6.45) is 8.95. The van der Waals surface area contributed by atoms with E-state index < -0.39 is 5.54 Å². The van der Waals surface area contributed by atoms with Crippen LogP contribution >= 0.6 is 0 Å². The van der Waals surface area contributed by atoms with Gasteiger partial charge in [0.1, 0.15) is 5.54 Å². The SMILES string of the molecule is CC(C)NC(=O)CN1c2cccnc2-n2cccc2[C@@]12CCN(C(=O)C1CCCC1)C2. The average Bonchev–Trinajstić information content (AvgIpc) is 3.51. The second kappa shape index (κ2) is 7.70. The molecule has 5 rings (SSSR count). The summed E-state index contributed by atoms with van der Waals surface area (Å²) in [5, 5.41) is 3.04. The van der Waals surface area contributed by atoms with E-state index >= 15 is 0 Å². The third-order valence-electron chi connectivity index (χ3n) is 7.04. The lowest BCUT2D eigenvalue weighted by atomic mass is 9.88. The topological polar surface area (TPSA) is 70.5 Å². The van der Waals surface area contributed by atoms with Crippen molar-refractivity contribution >= 4 is 17.5 Å². The quantitative estimate of drug-likeness (QED) is 0.824. The Bertz CT molecular complexity index is 993. The standard InChI is InChI=1S/C24H31N5O2/c1-17(2)26-21(30)15-29-19-9-5-12-25-22(19)28-13-6-10-20(28)24(29)11-14-27(16-24)23(31)18-7-3-4-8-18/h5-6,9-10,12-13,17-18H,3-4,7-8,11,14-16H2,1-2H3,(H,26,30)/t24-/m0/s1. The molecule has 7 nitrogen and oxygen atoms in total. The van der Waals surface area contributed by atoms with E-state index in [2.05, 4.69) is 25.8 Å². The number of likely N-dealkylation sites (tertiary alicyclic amines) is 1. The molecule has 1 atom stereocenters. The molecule has 0 unspecified atom stereocenters. The minimum absolute atomic E-state index is 0.00949. The fourth-order valence-electron chi connectivity index (χ4n) is 5.69. The van der Waals surface area contributed by atoms with E-state index in [-0.39, 0.29) is 30.3 Å². The number of hydrogen-bond donors (Lipinski definition) is 1. The van der Waals surface area contributed by atoms with Crippen LogP contribution in [0.5, 0.6) is 0 Å². The summed E-state index contributed by atoms with van der Waals surface area (Å²) < 4.78 is 2.13. The number of hydrogen-bond acceptors (Lipinski definition) is 4. The van der Waals surface area contributed by atoms with Gasteiger partial charge in [-0.15, -0.1) is 0 Å². The molecule has 2 aliphatic heterocycles. The second-order valence-electron chi connectivity index (χ2n) is 9.44. The Balaban J connectivity index is 1.54. The van der Waals surface area contributed by atoms with E-state index in [1.165, 1.54) is 0 Å². The molecular formula is C24H31N5O2. The number of aromatic nitrogens is 2. The maximum Gasteiger partial charge on any atom is 0.239 e. The molecule has 1 spiro atoms. The zero-order chi connectivity index (χ0) is 21.6. The van der Waals surface area contributed by atoms with Gasteiger partial charge in [-0.05, 0) is 57.4 Å². The second-order valence-corrected chi connectivity index (χ2v) is 9.44. The Labute approximate surface area is 183 Å². The lowest BCUT2D eigenvalue weighted by Crippen LogP contribution is -2.56. The predicted molar refractivity (Wildman–Crippen MR) is 119 cm³/mol. The molecule has 2 amide bonds. The van der Waals surface area contributed by atoms with Crippen LogP contribution in [0.25, 0.3) is 5.82 Å². The molecule has 164 valence electrons. The number of pyridine rings is 1. The number of carbonyl (C=O) groups excluding carboxylic acids is 2. The van der Waals surface area contributed by atoms with Gasteiger partial charge in [-0.3, -0.25) is 9.59 Å². The molecule has 1 aliphatic carbocycles. The third kappa shape index (κ3) is 3.30. The lowest BCUT2D eigenvalue weighted by molar-refractivity contribution is -0.134. The van der Waals surface area contributed by atoms with Crippen molar-refractivity contribution in [3.63, 3.8) is 0 Å². The number of nitrogens with one attached hydrogen (secondary N) is 1. The van der Waals surface area contributed by atoms with Gasteiger partial charge in [0.05, 0.1) is 17.9 Å².